The maximum atomic E-state index is 15.6. The number of hydrogen-bond donors (Lipinski definition) is 1. The Kier molecular flexibility index (Phi) is 8.96. The first-order valence-corrected chi connectivity index (χ1v) is 14.7. The van der Waals surface area contributed by atoms with E-state index in [-0.39, 0.29) is 35.5 Å². The molecule has 0 aliphatic heterocycles. The van der Waals surface area contributed by atoms with Crippen LogP contribution in [0.3, 0.4) is 0 Å². The second-order valence-electron chi connectivity index (χ2n) is 12.0. The smallest absolute Gasteiger partial charge is 0.335 e. The van der Waals surface area contributed by atoms with E-state index in [1.54, 1.807) is 56.3 Å². The van der Waals surface area contributed by atoms with Crippen LogP contribution >= 0.6 is 0 Å². The Hall–Kier alpha value is -5.10. The van der Waals surface area contributed by atoms with Crippen molar-refractivity contribution >= 4 is 12.0 Å². The fourth-order valence-corrected chi connectivity index (χ4v) is 5.04. The molecule has 2 heterocycles. The molecule has 2 aromatic heterocycles. The summed E-state index contributed by atoms with van der Waals surface area (Å²) >= 11 is 0. The second-order valence-corrected chi connectivity index (χ2v) is 12.0. The highest BCUT2D eigenvalue weighted by molar-refractivity contribution is 5.92. The number of pyridine rings is 1. The molecular weight excluding hydrogens is 574 g/mol. The highest BCUT2D eigenvalue weighted by Crippen LogP contribution is 2.47. The van der Waals surface area contributed by atoms with Crippen molar-refractivity contribution in [1.29, 1.82) is 5.26 Å². The SMILES string of the molecule is CC(C)=C(/C=C\c1nc(Cc2ccc(-c3cccc(OCc4ccc(C#N)cc4F)n3)cc2F)n(CC2(C)CC2)c1C)C(=O)O. The van der Waals surface area contributed by atoms with E-state index in [1.807, 2.05) is 13.0 Å². The summed E-state index contributed by atoms with van der Waals surface area (Å²) in [6, 6.07) is 16.1. The Morgan fingerprint density at radius 3 is 2.47 bits per heavy atom. The third-order valence-electron chi connectivity index (χ3n) is 8.14. The number of carbonyl (C=O) groups is 1. The molecule has 0 radical (unpaired) electrons. The molecule has 0 spiro atoms. The van der Waals surface area contributed by atoms with Gasteiger partial charge in [0.1, 0.15) is 24.1 Å². The van der Waals surface area contributed by atoms with Gasteiger partial charge in [-0.1, -0.05) is 36.8 Å². The zero-order valence-corrected chi connectivity index (χ0v) is 25.7. The zero-order chi connectivity index (χ0) is 32.3. The van der Waals surface area contributed by atoms with Gasteiger partial charge in [0.05, 0.1) is 28.6 Å². The van der Waals surface area contributed by atoms with Crippen molar-refractivity contribution in [2.45, 2.75) is 60.1 Å². The molecule has 45 heavy (non-hydrogen) atoms. The van der Waals surface area contributed by atoms with E-state index in [1.165, 1.54) is 18.2 Å². The first-order chi connectivity index (χ1) is 21.5. The van der Waals surface area contributed by atoms with Crippen LogP contribution in [0.5, 0.6) is 5.88 Å². The van der Waals surface area contributed by atoms with E-state index in [9.17, 15) is 14.3 Å². The average molecular weight is 609 g/mol. The highest BCUT2D eigenvalue weighted by atomic mass is 19.1. The number of aromatic nitrogens is 3. The molecule has 0 atom stereocenters. The highest BCUT2D eigenvalue weighted by Gasteiger charge is 2.38. The molecule has 0 saturated heterocycles. The van der Waals surface area contributed by atoms with Gasteiger partial charge in [0.25, 0.3) is 0 Å². The minimum Gasteiger partial charge on any atom is -0.478 e. The fourth-order valence-electron chi connectivity index (χ4n) is 5.04. The summed E-state index contributed by atoms with van der Waals surface area (Å²) in [6.45, 7) is 8.37. The maximum Gasteiger partial charge on any atom is 0.335 e. The van der Waals surface area contributed by atoms with Gasteiger partial charge in [-0.2, -0.15) is 5.26 Å². The number of hydrogen-bond acceptors (Lipinski definition) is 5. The molecule has 1 saturated carbocycles. The number of ether oxygens (including phenoxy) is 1. The Labute approximate surface area is 261 Å². The summed E-state index contributed by atoms with van der Waals surface area (Å²) in [6.07, 6.45) is 5.77. The lowest BCUT2D eigenvalue weighted by Gasteiger charge is -2.15. The van der Waals surface area contributed by atoms with Gasteiger partial charge >= 0.3 is 5.97 Å². The van der Waals surface area contributed by atoms with E-state index < -0.39 is 17.6 Å². The summed E-state index contributed by atoms with van der Waals surface area (Å²) < 4.78 is 37.7. The molecule has 0 amide bonds. The fraction of sp³-hybridized carbons (Fsp3) is 0.278. The van der Waals surface area contributed by atoms with Gasteiger partial charge < -0.3 is 14.4 Å². The number of nitrogens with zero attached hydrogens (tertiary/aromatic N) is 4. The lowest BCUT2D eigenvalue weighted by atomic mass is 10.0. The van der Waals surface area contributed by atoms with E-state index >= 15 is 4.39 Å². The minimum atomic E-state index is -0.997. The molecule has 1 N–H and O–H groups in total. The Morgan fingerprint density at radius 1 is 1.09 bits per heavy atom. The largest absolute Gasteiger partial charge is 0.478 e. The number of aliphatic carboxylic acids is 1. The number of nitriles is 1. The lowest BCUT2D eigenvalue weighted by Crippen LogP contribution is -2.13. The number of carboxylic acid groups (broad SMARTS) is 1. The molecule has 0 unspecified atom stereocenters. The van der Waals surface area contributed by atoms with Crippen molar-refractivity contribution in [3.05, 3.63) is 117 Å². The molecule has 1 fully saturated rings. The number of benzene rings is 2. The molecule has 230 valence electrons. The average Bonchev–Trinajstić information content (AvgIpc) is 3.67. The van der Waals surface area contributed by atoms with Crippen LogP contribution in [0.15, 0.2) is 71.8 Å². The molecule has 1 aliphatic rings. The summed E-state index contributed by atoms with van der Waals surface area (Å²) in [5, 5.41) is 18.5. The van der Waals surface area contributed by atoms with Gasteiger partial charge in [0, 0.05) is 35.9 Å². The molecule has 9 heteroatoms. The van der Waals surface area contributed by atoms with Crippen LogP contribution in [0.25, 0.3) is 17.3 Å². The van der Waals surface area contributed by atoms with E-state index in [0.29, 0.717) is 39.5 Å². The van der Waals surface area contributed by atoms with Crippen LogP contribution in [-0.2, 0) is 24.4 Å². The lowest BCUT2D eigenvalue weighted by molar-refractivity contribution is -0.132. The van der Waals surface area contributed by atoms with Crippen molar-refractivity contribution in [3.8, 4) is 23.2 Å². The van der Waals surface area contributed by atoms with Crippen LogP contribution in [-0.4, -0.2) is 25.6 Å². The molecule has 1 aliphatic carbocycles. The number of carboxylic acids is 1. The van der Waals surface area contributed by atoms with Crippen LogP contribution < -0.4 is 4.74 Å². The Morgan fingerprint density at radius 2 is 1.82 bits per heavy atom. The quantitative estimate of drug-likeness (QED) is 0.138. The van der Waals surface area contributed by atoms with Crippen LogP contribution in [0, 0.1) is 35.3 Å². The summed E-state index contributed by atoms with van der Waals surface area (Å²) in [4.78, 5) is 21.0. The number of rotatable bonds is 11. The third kappa shape index (κ3) is 7.35. The molecule has 7 nitrogen and oxygen atoms in total. The standard InChI is InChI=1S/C36H34F2N4O3/c1-22(2)28(35(43)44)12-13-31-23(3)42(21-36(4)14-15-36)33(40-31)18-25-10-11-26(17-30(25)38)32-6-5-7-34(41-32)45-20-27-9-8-24(19-39)16-29(27)37/h5-13,16-17H,14-15,18,20-21H2,1-4H3,(H,43,44)/b13-12-. The first-order valence-electron chi connectivity index (χ1n) is 14.7. The third-order valence-corrected chi connectivity index (χ3v) is 8.14. The van der Waals surface area contributed by atoms with Crippen molar-refractivity contribution < 1.29 is 23.4 Å². The molecule has 5 rings (SSSR count). The van der Waals surface area contributed by atoms with Crippen molar-refractivity contribution in [2.24, 2.45) is 5.41 Å². The first kappa shape index (κ1) is 31.3. The predicted molar refractivity (Wildman–Crippen MR) is 167 cm³/mol. The van der Waals surface area contributed by atoms with Gasteiger partial charge in [-0.25, -0.2) is 23.5 Å². The maximum absolute atomic E-state index is 15.6. The Bertz CT molecular complexity index is 1880. The Balaban J connectivity index is 1.37. The summed E-state index contributed by atoms with van der Waals surface area (Å²) in [5.41, 5.74) is 4.69. The zero-order valence-electron chi connectivity index (χ0n) is 25.7. The van der Waals surface area contributed by atoms with E-state index in [0.717, 1.165) is 31.1 Å². The van der Waals surface area contributed by atoms with Crippen LogP contribution in [0.4, 0.5) is 8.78 Å². The number of imidazole rings is 1. The van der Waals surface area contributed by atoms with Crippen molar-refractivity contribution in [1.82, 2.24) is 14.5 Å². The van der Waals surface area contributed by atoms with Gasteiger partial charge in [-0.05, 0) is 81.0 Å². The number of allylic oxidation sites excluding steroid dienone is 1. The molecule has 4 aromatic rings. The van der Waals surface area contributed by atoms with Gasteiger partial charge in [-0.15, -0.1) is 0 Å². The van der Waals surface area contributed by atoms with E-state index in [4.69, 9.17) is 15.0 Å². The summed E-state index contributed by atoms with van der Waals surface area (Å²) in [7, 11) is 0. The topological polar surface area (TPSA) is 101 Å². The van der Waals surface area contributed by atoms with Crippen molar-refractivity contribution in [3.63, 3.8) is 0 Å². The molecular formula is C36H34F2N4O3. The normalized spacial score (nSPS) is 13.4. The van der Waals surface area contributed by atoms with Gasteiger partial charge in [0.15, 0.2) is 0 Å². The predicted octanol–water partition coefficient (Wildman–Crippen LogP) is 7.81. The van der Waals surface area contributed by atoms with Crippen LogP contribution in [0.2, 0.25) is 0 Å². The molecule has 2 aromatic carbocycles. The molecule has 0 bridgehead atoms. The van der Waals surface area contributed by atoms with Crippen molar-refractivity contribution in [2.75, 3.05) is 0 Å². The van der Waals surface area contributed by atoms with E-state index in [2.05, 4.69) is 16.5 Å². The van der Waals surface area contributed by atoms with Gasteiger partial charge in [0.2, 0.25) is 5.88 Å². The number of halogens is 2. The minimum absolute atomic E-state index is 0.0739. The van der Waals surface area contributed by atoms with Gasteiger partial charge in [-0.3, -0.25) is 0 Å². The summed E-state index contributed by atoms with van der Waals surface area (Å²) in [5.74, 6) is -0.968. The second kappa shape index (κ2) is 12.9. The van der Waals surface area contributed by atoms with Crippen LogP contribution in [0.1, 0.15) is 67.5 Å². The monoisotopic (exact) mass is 608 g/mol.